The van der Waals surface area contributed by atoms with E-state index in [2.05, 4.69) is 15.3 Å². The lowest BCUT2D eigenvalue weighted by Gasteiger charge is -2.09. The maximum Gasteiger partial charge on any atom is 0.310 e. The molecule has 0 fully saturated rings. The average molecular weight is 399 g/mol. The summed E-state index contributed by atoms with van der Waals surface area (Å²) in [6, 6.07) is 6.72. The zero-order valence-electron chi connectivity index (χ0n) is 15.8. The lowest BCUT2D eigenvalue weighted by molar-refractivity contribution is -0.138. The Morgan fingerprint density at radius 1 is 1.25 bits per heavy atom. The SMILES string of the molecule is Cc1sc2nc(CCC(=O)Nc3ccc(C(C)C(=O)O)cc3)[nH]c(=O)c2c1C. The van der Waals surface area contributed by atoms with Crippen LogP contribution in [0.2, 0.25) is 0 Å². The summed E-state index contributed by atoms with van der Waals surface area (Å²) in [7, 11) is 0. The third-order valence-electron chi connectivity index (χ3n) is 4.74. The minimum atomic E-state index is -0.897. The molecule has 0 aliphatic heterocycles. The highest BCUT2D eigenvalue weighted by molar-refractivity contribution is 7.18. The van der Waals surface area contributed by atoms with E-state index in [1.54, 1.807) is 31.2 Å². The molecule has 3 aromatic rings. The molecular formula is C20H21N3O4S. The molecule has 146 valence electrons. The second-order valence-electron chi connectivity index (χ2n) is 6.71. The molecule has 0 saturated heterocycles. The lowest BCUT2D eigenvalue weighted by Crippen LogP contribution is -2.16. The fourth-order valence-corrected chi connectivity index (χ4v) is 3.92. The number of aryl methyl sites for hydroxylation is 3. The maximum atomic E-state index is 12.3. The quantitative estimate of drug-likeness (QED) is 0.588. The first kappa shape index (κ1) is 19.8. The Bertz CT molecular complexity index is 1100. The molecule has 0 aliphatic carbocycles. The molecule has 1 unspecified atom stereocenters. The first-order chi connectivity index (χ1) is 13.3. The number of benzene rings is 1. The van der Waals surface area contributed by atoms with Crippen LogP contribution < -0.4 is 10.9 Å². The highest BCUT2D eigenvalue weighted by Crippen LogP contribution is 2.25. The highest BCUT2D eigenvalue weighted by Gasteiger charge is 2.14. The number of nitrogens with one attached hydrogen (secondary N) is 2. The number of carbonyl (C=O) groups is 2. The molecule has 28 heavy (non-hydrogen) atoms. The Balaban J connectivity index is 1.64. The molecular weight excluding hydrogens is 378 g/mol. The molecule has 2 aromatic heterocycles. The molecule has 0 spiro atoms. The number of hydrogen-bond donors (Lipinski definition) is 3. The zero-order chi connectivity index (χ0) is 20.4. The van der Waals surface area contributed by atoms with Crippen LogP contribution in [-0.4, -0.2) is 27.0 Å². The Hall–Kier alpha value is -3.00. The topological polar surface area (TPSA) is 112 Å². The zero-order valence-corrected chi connectivity index (χ0v) is 16.6. The van der Waals surface area contributed by atoms with E-state index in [0.29, 0.717) is 33.7 Å². The summed E-state index contributed by atoms with van der Waals surface area (Å²) in [4.78, 5) is 44.5. The normalized spacial score (nSPS) is 12.1. The summed E-state index contributed by atoms with van der Waals surface area (Å²) in [6.45, 7) is 5.47. The van der Waals surface area contributed by atoms with Crippen molar-refractivity contribution in [3.05, 3.63) is 56.4 Å². The van der Waals surface area contributed by atoms with Crippen molar-refractivity contribution in [2.24, 2.45) is 0 Å². The number of aromatic amines is 1. The summed E-state index contributed by atoms with van der Waals surface area (Å²) in [5.41, 5.74) is 2.03. The number of anilines is 1. The van der Waals surface area contributed by atoms with E-state index in [4.69, 9.17) is 5.11 Å². The number of amides is 1. The number of carboxylic acid groups (broad SMARTS) is 1. The number of H-pyrrole nitrogens is 1. The molecule has 0 bridgehead atoms. The van der Waals surface area contributed by atoms with Gasteiger partial charge in [0.2, 0.25) is 5.91 Å². The third-order valence-corrected chi connectivity index (χ3v) is 5.84. The van der Waals surface area contributed by atoms with Crippen LogP contribution in [0.15, 0.2) is 29.1 Å². The molecule has 7 nitrogen and oxygen atoms in total. The van der Waals surface area contributed by atoms with Gasteiger partial charge in [-0.2, -0.15) is 0 Å². The van der Waals surface area contributed by atoms with Crippen LogP contribution in [-0.2, 0) is 16.0 Å². The van der Waals surface area contributed by atoms with Crippen molar-refractivity contribution in [3.63, 3.8) is 0 Å². The number of carbonyl (C=O) groups excluding carboxylic acids is 1. The lowest BCUT2D eigenvalue weighted by atomic mass is 10.0. The molecule has 1 atom stereocenters. The minimum Gasteiger partial charge on any atom is -0.481 e. The van der Waals surface area contributed by atoms with Gasteiger partial charge in [0.05, 0.1) is 11.3 Å². The van der Waals surface area contributed by atoms with Crippen LogP contribution in [0, 0.1) is 13.8 Å². The second-order valence-corrected chi connectivity index (χ2v) is 7.91. The van der Waals surface area contributed by atoms with E-state index in [-0.39, 0.29) is 17.9 Å². The van der Waals surface area contributed by atoms with E-state index in [0.717, 1.165) is 10.4 Å². The Labute approximate surface area is 165 Å². The number of thiophene rings is 1. The summed E-state index contributed by atoms with van der Waals surface area (Å²) < 4.78 is 0. The van der Waals surface area contributed by atoms with Gasteiger partial charge in [0, 0.05) is 23.4 Å². The smallest absolute Gasteiger partial charge is 0.310 e. The van der Waals surface area contributed by atoms with Crippen molar-refractivity contribution >= 4 is 39.1 Å². The Morgan fingerprint density at radius 3 is 2.57 bits per heavy atom. The predicted octanol–water partition coefficient (Wildman–Crippen LogP) is 3.36. The van der Waals surface area contributed by atoms with Crippen molar-refractivity contribution in [1.29, 1.82) is 0 Å². The third kappa shape index (κ3) is 4.12. The van der Waals surface area contributed by atoms with Crippen molar-refractivity contribution < 1.29 is 14.7 Å². The maximum absolute atomic E-state index is 12.3. The standard InChI is InChI=1S/C20H21N3O4S/c1-10-12(3)28-19-17(10)18(25)22-15(23-19)8-9-16(24)21-14-6-4-13(5-7-14)11(2)20(26)27/h4-7,11H,8-9H2,1-3H3,(H,21,24)(H,26,27)(H,22,23,25). The minimum absolute atomic E-state index is 0.172. The van der Waals surface area contributed by atoms with Gasteiger partial charge in [-0.25, -0.2) is 4.98 Å². The second kappa shape index (κ2) is 7.93. The number of aliphatic carboxylic acids is 1. The molecule has 0 radical (unpaired) electrons. The van der Waals surface area contributed by atoms with Crippen molar-refractivity contribution in [1.82, 2.24) is 9.97 Å². The number of hydrogen-bond acceptors (Lipinski definition) is 5. The monoisotopic (exact) mass is 399 g/mol. The molecule has 0 aliphatic rings. The van der Waals surface area contributed by atoms with Gasteiger partial charge >= 0.3 is 5.97 Å². The van der Waals surface area contributed by atoms with Gasteiger partial charge in [0.25, 0.3) is 5.56 Å². The molecule has 0 saturated carbocycles. The molecule has 3 N–H and O–H groups in total. The average Bonchev–Trinajstić information content (AvgIpc) is 2.94. The van der Waals surface area contributed by atoms with Gasteiger partial charge in [0.1, 0.15) is 10.7 Å². The van der Waals surface area contributed by atoms with Crippen LogP contribution in [0.5, 0.6) is 0 Å². The van der Waals surface area contributed by atoms with Gasteiger partial charge in [-0.15, -0.1) is 11.3 Å². The molecule has 8 heteroatoms. The molecule has 1 amide bonds. The van der Waals surface area contributed by atoms with E-state index < -0.39 is 11.9 Å². The van der Waals surface area contributed by atoms with E-state index in [1.807, 2.05) is 13.8 Å². The summed E-state index contributed by atoms with van der Waals surface area (Å²) in [5, 5.41) is 12.4. The predicted molar refractivity (Wildman–Crippen MR) is 109 cm³/mol. The van der Waals surface area contributed by atoms with Crippen LogP contribution in [0.4, 0.5) is 5.69 Å². The van der Waals surface area contributed by atoms with Gasteiger partial charge in [-0.05, 0) is 44.0 Å². The fraction of sp³-hybridized carbons (Fsp3) is 0.300. The van der Waals surface area contributed by atoms with E-state index >= 15 is 0 Å². The highest BCUT2D eigenvalue weighted by atomic mass is 32.1. The van der Waals surface area contributed by atoms with Crippen LogP contribution in [0.1, 0.15) is 41.1 Å². The van der Waals surface area contributed by atoms with Crippen molar-refractivity contribution in [3.8, 4) is 0 Å². The Morgan fingerprint density at radius 2 is 1.93 bits per heavy atom. The molecule has 3 rings (SSSR count). The van der Waals surface area contributed by atoms with Crippen LogP contribution in [0.3, 0.4) is 0 Å². The van der Waals surface area contributed by atoms with Crippen LogP contribution >= 0.6 is 11.3 Å². The largest absolute Gasteiger partial charge is 0.481 e. The number of rotatable bonds is 6. The van der Waals surface area contributed by atoms with Gasteiger partial charge in [0.15, 0.2) is 0 Å². The summed E-state index contributed by atoms with van der Waals surface area (Å²) in [6.07, 6.45) is 0.492. The van der Waals surface area contributed by atoms with E-state index in [1.165, 1.54) is 11.3 Å². The number of aromatic nitrogens is 2. The van der Waals surface area contributed by atoms with Gasteiger partial charge in [-0.1, -0.05) is 12.1 Å². The number of fused-ring (bicyclic) bond motifs is 1. The molecule has 1 aromatic carbocycles. The van der Waals surface area contributed by atoms with Crippen LogP contribution in [0.25, 0.3) is 10.2 Å². The fourth-order valence-electron chi connectivity index (χ4n) is 2.87. The van der Waals surface area contributed by atoms with E-state index in [9.17, 15) is 14.4 Å². The first-order valence-electron chi connectivity index (χ1n) is 8.87. The van der Waals surface area contributed by atoms with Crippen molar-refractivity contribution in [2.75, 3.05) is 5.32 Å². The summed E-state index contributed by atoms with van der Waals surface area (Å²) in [5.74, 6) is -1.22. The summed E-state index contributed by atoms with van der Waals surface area (Å²) >= 11 is 1.48. The number of carboxylic acids is 1. The Kier molecular flexibility index (Phi) is 5.60. The molecule has 2 heterocycles. The number of nitrogens with zero attached hydrogens (tertiary/aromatic N) is 1. The van der Waals surface area contributed by atoms with Crippen molar-refractivity contribution in [2.45, 2.75) is 39.5 Å². The van der Waals surface area contributed by atoms with Gasteiger partial charge in [-0.3, -0.25) is 14.4 Å². The first-order valence-corrected chi connectivity index (χ1v) is 9.69. The van der Waals surface area contributed by atoms with Gasteiger partial charge < -0.3 is 15.4 Å².